The second-order valence-corrected chi connectivity index (χ2v) is 7.26. The number of amides is 3. The number of rotatable bonds is 4. The SMILES string of the molecule is CC(C)(C)OC(=O)NCC(=O)N1CCN(C(=O)/C=C/C2CC2)CC1. The standard InChI is InChI=1S/C17H27N3O4/c1-17(2,3)24-16(23)18-12-15(22)20-10-8-19(9-11-20)14(21)7-6-13-4-5-13/h6-7,13H,4-5,8-12H2,1-3H3,(H,18,23)/b7-6+. The fraction of sp³-hybridized carbons (Fsp3) is 0.706. The summed E-state index contributed by atoms with van der Waals surface area (Å²) in [4.78, 5) is 39.1. The van der Waals surface area contributed by atoms with Gasteiger partial charge in [0.1, 0.15) is 12.1 Å². The average Bonchev–Trinajstić information content (AvgIpc) is 3.33. The molecule has 1 heterocycles. The molecule has 24 heavy (non-hydrogen) atoms. The first-order valence-corrected chi connectivity index (χ1v) is 8.46. The van der Waals surface area contributed by atoms with Crippen LogP contribution in [0.25, 0.3) is 0 Å². The fourth-order valence-corrected chi connectivity index (χ4v) is 2.36. The van der Waals surface area contributed by atoms with Gasteiger partial charge in [0.15, 0.2) is 0 Å². The molecule has 134 valence electrons. The van der Waals surface area contributed by atoms with Crippen LogP contribution in [0.1, 0.15) is 33.6 Å². The first-order valence-electron chi connectivity index (χ1n) is 8.46. The highest BCUT2D eigenvalue weighted by molar-refractivity contribution is 5.88. The predicted molar refractivity (Wildman–Crippen MR) is 89.3 cm³/mol. The number of carbonyl (C=O) groups is 3. The van der Waals surface area contributed by atoms with Crippen molar-refractivity contribution in [2.75, 3.05) is 32.7 Å². The van der Waals surface area contributed by atoms with Crippen LogP contribution in [0.4, 0.5) is 4.79 Å². The zero-order chi connectivity index (χ0) is 17.7. The molecule has 1 saturated heterocycles. The highest BCUT2D eigenvalue weighted by Gasteiger charge is 2.25. The molecular formula is C17H27N3O4. The Bertz CT molecular complexity index is 512. The van der Waals surface area contributed by atoms with Crippen molar-refractivity contribution in [3.8, 4) is 0 Å². The Labute approximate surface area is 143 Å². The summed E-state index contributed by atoms with van der Waals surface area (Å²) in [6.45, 7) is 7.21. The number of piperazine rings is 1. The maximum Gasteiger partial charge on any atom is 0.408 e. The molecule has 0 aromatic heterocycles. The van der Waals surface area contributed by atoms with E-state index in [1.54, 1.807) is 36.6 Å². The van der Waals surface area contributed by atoms with E-state index in [1.165, 1.54) is 12.8 Å². The Morgan fingerprint density at radius 2 is 1.67 bits per heavy atom. The molecule has 0 spiro atoms. The summed E-state index contributed by atoms with van der Waals surface area (Å²) in [5.41, 5.74) is -0.590. The molecule has 7 heteroatoms. The van der Waals surface area contributed by atoms with E-state index >= 15 is 0 Å². The maximum absolute atomic E-state index is 12.1. The van der Waals surface area contributed by atoms with Gasteiger partial charge in [-0.3, -0.25) is 9.59 Å². The lowest BCUT2D eigenvalue weighted by atomic mass is 10.2. The van der Waals surface area contributed by atoms with Crippen molar-refractivity contribution in [3.05, 3.63) is 12.2 Å². The van der Waals surface area contributed by atoms with Gasteiger partial charge in [-0.2, -0.15) is 0 Å². The lowest BCUT2D eigenvalue weighted by Crippen LogP contribution is -2.52. The van der Waals surface area contributed by atoms with Gasteiger partial charge in [-0.15, -0.1) is 0 Å². The van der Waals surface area contributed by atoms with Crippen LogP contribution in [0.2, 0.25) is 0 Å². The Hall–Kier alpha value is -2.05. The largest absolute Gasteiger partial charge is 0.444 e. The Morgan fingerprint density at radius 3 is 2.21 bits per heavy atom. The number of carbonyl (C=O) groups excluding carboxylic acids is 3. The summed E-state index contributed by atoms with van der Waals surface area (Å²) >= 11 is 0. The number of allylic oxidation sites excluding steroid dienone is 1. The zero-order valence-corrected chi connectivity index (χ0v) is 14.7. The Morgan fingerprint density at radius 1 is 1.08 bits per heavy atom. The van der Waals surface area contributed by atoms with Crippen LogP contribution in [0.5, 0.6) is 0 Å². The number of hydrogen-bond donors (Lipinski definition) is 1. The molecule has 2 rings (SSSR count). The lowest BCUT2D eigenvalue weighted by Gasteiger charge is -2.34. The van der Waals surface area contributed by atoms with Gasteiger partial charge in [-0.05, 0) is 45.6 Å². The lowest BCUT2D eigenvalue weighted by molar-refractivity contribution is -0.136. The predicted octanol–water partition coefficient (Wildman–Crippen LogP) is 1.15. The minimum Gasteiger partial charge on any atom is -0.444 e. The second kappa shape index (κ2) is 7.68. The Kier molecular flexibility index (Phi) is 5.85. The van der Waals surface area contributed by atoms with E-state index in [1.807, 2.05) is 6.08 Å². The minimum atomic E-state index is -0.602. The third kappa shape index (κ3) is 6.22. The summed E-state index contributed by atoms with van der Waals surface area (Å²) in [5.74, 6) is 0.429. The normalized spacial score (nSPS) is 18.6. The topological polar surface area (TPSA) is 79.0 Å². The van der Waals surface area contributed by atoms with Crippen LogP contribution in [0.3, 0.4) is 0 Å². The van der Waals surface area contributed by atoms with Crippen molar-refractivity contribution in [3.63, 3.8) is 0 Å². The van der Waals surface area contributed by atoms with Gasteiger partial charge < -0.3 is 19.9 Å². The summed E-state index contributed by atoms with van der Waals surface area (Å²) < 4.78 is 5.09. The molecule has 7 nitrogen and oxygen atoms in total. The molecule has 1 aliphatic carbocycles. The molecule has 2 aliphatic rings. The molecule has 0 aromatic carbocycles. The highest BCUT2D eigenvalue weighted by Crippen LogP contribution is 2.30. The van der Waals surface area contributed by atoms with E-state index in [0.717, 1.165) is 0 Å². The smallest absolute Gasteiger partial charge is 0.408 e. The van der Waals surface area contributed by atoms with Gasteiger partial charge in [0.25, 0.3) is 0 Å². The van der Waals surface area contributed by atoms with Crippen LogP contribution in [0, 0.1) is 5.92 Å². The maximum atomic E-state index is 12.1. The summed E-state index contributed by atoms with van der Waals surface area (Å²) in [6.07, 6.45) is 5.38. The van der Waals surface area contributed by atoms with Gasteiger partial charge in [0.2, 0.25) is 11.8 Å². The number of nitrogens with one attached hydrogen (secondary N) is 1. The number of ether oxygens (including phenoxy) is 1. The first kappa shape index (κ1) is 18.3. The van der Waals surface area contributed by atoms with Crippen LogP contribution < -0.4 is 5.32 Å². The molecule has 0 bridgehead atoms. The summed E-state index contributed by atoms with van der Waals surface area (Å²) in [5, 5.41) is 2.47. The monoisotopic (exact) mass is 337 g/mol. The molecule has 1 aliphatic heterocycles. The van der Waals surface area contributed by atoms with E-state index in [-0.39, 0.29) is 18.4 Å². The quantitative estimate of drug-likeness (QED) is 0.781. The molecule has 0 unspecified atom stereocenters. The molecular weight excluding hydrogens is 310 g/mol. The van der Waals surface area contributed by atoms with Crippen LogP contribution >= 0.6 is 0 Å². The number of alkyl carbamates (subject to hydrolysis) is 1. The van der Waals surface area contributed by atoms with Crippen molar-refractivity contribution in [2.45, 2.75) is 39.2 Å². The van der Waals surface area contributed by atoms with Gasteiger partial charge >= 0.3 is 6.09 Å². The molecule has 1 saturated carbocycles. The molecule has 1 N–H and O–H groups in total. The van der Waals surface area contributed by atoms with Crippen LogP contribution in [-0.2, 0) is 14.3 Å². The third-order valence-electron chi connectivity index (χ3n) is 3.86. The van der Waals surface area contributed by atoms with Crippen molar-refractivity contribution < 1.29 is 19.1 Å². The van der Waals surface area contributed by atoms with Crippen molar-refractivity contribution in [1.82, 2.24) is 15.1 Å². The number of hydrogen-bond acceptors (Lipinski definition) is 4. The average molecular weight is 337 g/mol. The molecule has 0 aromatic rings. The van der Waals surface area contributed by atoms with Crippen molar-refractivity contribution >= 4 is 17.9 Å². The molecule has 0 radical (unpaired) electrons. The third-order valence-corrected chi connectivity index (χ3v) is 3.86. The first-order chi connectivity index (χ1) is 11.2. The summed E-state index contributed by atoms with van der Waals surface area (Å²) in [6, 6.07) is 0. The summed E-state index contributed by atoms with van der Waals surface area (Å²) in [7, 11) is 0. The second-order valence-electron chi connectivity index (χ2n) is 7.26. The van der Waals surface area contributed by atoms with E-state index in [9.17, 15) is 14.4 Å². The van der Waals surface area contributed by atoms with Gasteiger partial charge in [0.05, 0.1) is 0 Å². The van der Waals surface area contributed by atoms with E-state index in [2.05, 4.69) is 5.32 Å². The zero-order valence-electron chi connectivity index (χ0n) is 14.7. The van der Waals surface area contributed by atoms with Crippen LogP contribution in [0.15, 0.2) is 12.2 Å². The van der Waals surface area contributed by atoms with Gasteiger partial charge in [0, 0.05) is 26.2 Å². The van der Waals surface area contributed by atoms with Crippen LogP contribution in [-0.4, -0.2) is 66.0 Å². The highest BCUT2D eigenvalue weighted by atomic mass is 16.6. The van der Waals surface area contributed by atoms with Crippen molar-refractivity contribution in [2.24, 2.45) is 5.92 Å². The van der Waals surface area contributed by atoms with Crippen molar-refractivity contribution in [1.29, 1.82) is 0 Å². The number of nitrogens with zero attached hydrogens (tertiary/aromatic N) is 2. The fourth-order valence-electron chi connectivity index (χ4n) is 2.36. The molecule has 2 fully saturated rings. The molecule has 0 atom stereocenters. The van der Waals surface area contributed by atoms with E-state index < -0.39 is 11.7 Å². The van der Waals surface area contributed by atoms with E-state index in [0.29, 0.717) is 32.1 Å². The van der Waals surface area contributed by atoms with E-state index in [4.69, 9.17) is 4.74 Å². The van der Waals surface area contributed by atoms with Gasteiger partial charge in [-0.25, -0.2) is 4.79 Å². The molecule has 3 amide bonds. The van der Waals surface area contributed by atoms with Gasteiger partial charge in [-0.1, -0.05) is 6.08 Å². The minimum absolute atomic E-state index is 0.0147. The Balaban J connectivity index is 1.68.